The van der Waals surface area contributed by atoms with Crippen LogP contribution in [-0.2, 0) is 5.88 Å². The summed E-state index contributed by atoms with van der Waals surface area (Å²) in [6, 6.07) is 23.1. The van der Waals surface area contributed by atoms with Gasteiger partial charge in [-0.2, -0.15) is 4.68 Å². The Bertz CT molecular complexity index is 1430. The summed E-state index contributed by atoms with van der Waals surface area (Å²) < 4.78 is 9.01. The standard InChI is InChI=1S/C23H19N5O2S/c1-2-30-17-13-11-16(12-14-17)28-21-10-6-5-9-20(21)24-23(28)31-15-27-22(29)18-7-3-4-8-19(18)25-26-27/h3-14H,2,15H2,1H3. The molecule has 154 valence electrons. The first kappa shape index (κ1) is 19.3. The average molecular weight is 430 g/mol. The number of fused-ring (bicyclic) bond motifs is 2. The summed E-state index contributed by atoms with van der Waals surface area (Å²) in [6.45, 7) is 2.58. The molecule has 8 heteroatoms. The smallest absolute Gasteiger partial charge is 0.278 e. The van der Waals surface area contributed by atoms with Crippen LogP contribution in [0, 0.1) is 0 Å². The number of nitrogens with zero attached hydrogens (tertiary/aromatic N) is 5. The fourth-order valence-electron chi connectivity index (χ4n) is 3.44. The van der Waals surface area contributed by atoms with Crippen LogP contribution < -0.4 is 10.3 Å². The Labute approximate surface area is 182 Å². The molecule has 2 aromatic heterocycles. The normalized spacial score (nSPS) is 11.3. The molecule has 5 aromatic rings. The van der Waals surface area contributed by atoms with Crippen molar-refractivity contribution in [3.63, 3.8) is 0 Å². The Kier molecular flexibility index (Phi) is 5.13. The Balaban J connectivity index is 1.52. The maximum absolute atomic E-state index is 12.8. The fraction of sp³-hybridized carbons (Fsp3) is 0.130. The van der Waals surface area contributed by atoms with Crippen LogP contribution in [0.25, 0.3) is 27.6 Å². The van der Waals surface area contributed by atoms with Crippen molar-refractivity contribution < 1.29 is 4.74 Å². The van der Waals surface area contributed by atoms with E-state index in [1.165, 1.54) is 16.4 Å². The Morgan fingerprint density at radius 1 is 0.935 bits per heavy atom. The number of para-hydroxylation sites is 2. The van der Waals surface area contributed by atoms with Crippen LogP contribution in [0.4, 0.5) is 0 Å². The van der Waals surface area contributed by atoms with Crippen molar-refractivity contribution >= 4 is 33.7 Å². The van der Waals surface area contributed by atoms with Gasteiger partial charge in [0.05, 0.1) is 28.9 Å². The number of hydrogen-bond donors (Lipinski definition) is 0. The third-order valence-electron chi connectivity index (χ3n) is 4.88. The van der Waals surface area contributed by atoms with Gasteiger partial charge >= 0.3 is 0 Å². The largest absolute Gasteiger partial charge is 0.494 e. The lowest BCUT2D eigenvalue weighted by Crippen LogP contribution is -2.23. The van der Waals surface area contributed by atoms with Crippen molar-refractivity contribution in [1.29, 1.82) is 0 Å². The molecule has 0 fully saturated rings. The van der Waals surface area contributed by atoms with Crippen molar-refractivity contribution in [3.8, 4) is 11.4 Å². The highest BCUT2D eigenvalue weighted by molar-refractivity contribution is 7.98. The SMILES string of the molecule is CCOc1ccc(-n2c(SCn3nnc4ccccc4c3=O)nc3ccccc32)cc1. The molecule has 0 aliphatic heterocycles. The second-order valence-corrected chi connectivity index (χ2v) is 7.74. The second-order valence-electron chi connectivity index (χ2n) is 6.83. The molecular formula is C23H19N5O2S. The zero-order chi connectivity index (χ0) is 21.2. The Hall–Kier alpha value is -3.65. The van der Waals surface area contributed by atoms with Gasteiger partial charge in [0.2, 0.25) is 0 Å². The highest BCUT2D eigenvalue weighted by Gasteiger charge is 2.14. The van der Waals surface area contributed by atoms with E-state index in [0.717, 1.165) is 27.6 Å². The van der Waals surface area contributed by atoms with Crippen molar-refractivity contribution in [1.82, 2.24) is 24.5 Å². The minimum Gasteiger partial charge on any atom is -0.494 e. The van der Waals surface area contributed by atoms with Gasteiger partial charge in [0.25, 0.3) is 5.56 Å². The predicted molar refractivity (Wildman–Crippen MR) is 122 cm³/mol. The number of imidazole rings is 1. The van der Waals surface area contributed by atoms with Crippen LogP contribution in [-0.4, -0.2) is 31.2 Å². The molecule has 0 aliphatic rings. The second kappa shape index (κ2) is 8.23. The van der Waals surface area contributed by atoms with Gasteiger partial charge in [0.15, 0.2) is 5.16 Å². The van der Waals surface area contributed by atoms with E-state index < -0.39 is 0 Å². The van der Waals surface area contributed by atoms with E-state index in [2.05, 4.69) is 14.9 Å². The third-order valence-corrected chi connectivity index (χ3v) is 5.79. The zero-order valence-corrected chi connectivity index (χ0v) is 17.6. The summed E-state index contributed by atoms with van der Waals surface area (Å²) in [7, 11) is 0. The number of hydrogen-bond acceptors (Lipinski definition) is 6. The molecular weight excluding hydrogens is 410 g/mol. The summed E-state index contributed by atoms with van der Waals surface area (Å²) in [5, 5.41) is 9.58. The molecule has 7 nitrogen and oxygen atoms in total. The van der Waals surface area contributed by atoms with Crippen molar-refractivity contribution in [2.75, 3.05) is 6.61 Å². The molecule has 0 unspecified atom stereocenters. The molecule has 0 aliphatic carbocycles. The highest BCUT2D eigenvalue weighted by Crippen LogP contribution is 2.29. The summed E-state index contributed by atoms with van der Waals surface area (Å²) in [5.41, 5.74) is 3.27. The maximum Gasteiger partial charge on any atom is 0.278 e. The quantitative estimate of drug-likeness (QED) is 0.375. The van der Waals surface area contributed by atoms with Crippen molar-refractivity contribution in [2.24, 2.45) is 0 Å². The van der Waals surface area contributed by atoms with Crippen molar-refractivity contribution in [3.05, 3.63) is 83.2 Å². The zero-order valence-electron chi connectivity index (χ0n) is 16.8. The number of aromatic nitrogens is 5. The molecule has 2 heterocycles. The molecule has 0 N–H and O–H groups in total. The van der Waals surface area contributed by atoms with Crippen LogP contribution in [0.5, 0.6) is 5.75 Å². The van der Waals surface area contributed by atoms with E-state index in [0.29, 0.717) is 23.4 Å². The summed E-state index contributed by atoms with van der Waals surface area (Å²) in [6.07, 6.45) is 0. The van der Waals surface area contributed by atoms with Gasteiger partial charge in [-0.05, 0) is 55.5 Å². The third kappa shape index (κ3) is 3.66. The molecule has 0 atom stereocenters. The van der Waals surface area contributed by atoms with Gasteiger partial charge in [0.1, 0.15) is 11.3 Å². The lowest BCUT2D eigenvalue weighted by molar-refractivity contribution is 0.340. The lowest BCUT2D eigenvalue weighted by atomic mass is 10.2. The number of benzene rings is 3. The average Bonchev–Trinajstić information content (AvgIpc) is 3.18. The minimum atomic E-state index is -0.165. The summed E-state index contributed by atoms with van der Waals surface area (Å²) in [5.74, 6) is 1.12. The minimum absolute atomic E-state index is 0.165. The van der Waals surface area contributed by atoms with Gasteiger partial charge in [-0.3, -0.25) is 9.36 Å². The lowest BCUT2D eigenvalue weighted by Gasteiger charge is -2.11. The van der Waals surface area contributed by atoms with E-state index >= 15 is 0 Å². The number of thioether (sulfide) groups is 1. The molecule has 3 aromatic carbocycles. The van der Waals surface area contributed by atoms with Crippen molar-refractivity contribution in [2.45, 2.75) is 18.0 Å². The van der Waals surface area contributed by atoms with Gasteiger partial charge in [-0.25, -0.2) is 4.98 Å². The van der Waals surface area contributed by atoms with E-state index in [1.54, 1.807) is 12.1 Å². The van der Waals surface area contributed by atoms with Gasteiger partial charge in [-0.15, -0.1) is 5.10 Å². The molecule has 31 heavy (non-hydrogen) atoms. The van der Waals surface area contributed by atoms with Gasteiger partial charge in [0, 0.05) is 5.69 Å². The number of ether oxygens (including phenoxy) is 1. The molecule has 5 rings (SSSR count). The molecule has 0 bridgehead atoms. The van der Waals surface area contributed by atoms with Crippen LogP contribution in [0.2, 0.25) is 0 Å². The first-order valence-corrected chi connectivity index (χ1v) is 10.9. The molecule has 0 saturated carbocycles. The molecule has 0 saturated heterocycles. The topological polar surface area (TPSA) is 74.8 Å². The Morgan fingerprint density at radius 2 is 1.68 bits per heavy atom. The van der Waals surface area contributed by atoms with Crippen LogP contribution >= 0.6 is 11.8 Å². The van der Waals surface area contributed by atoms with Crippen LogP contribution in [0.3, 0.4) is 0 Å². The maximum atomic E-state index is 12.8. The van der Waals surface area contributed by atoms with Crippen LogP contribution in [0.1, 0.15) is 6.92 Å². The number of rotatable bonds is 6. The fourth-order valence-corrected chi connectivity index (χ4v) is 4.34. The molecule has 0 spiro atoms. The van der Waals surface area contributed by atoms with Gasteiger partial charge < -0.3 is 4.74 Å². The first-order valence-electron chi connectivity index (χ1n) is 9.90. The van der Waals surface area contributed by atoms with E-state index in [9.17, 15) is 4.79 Å². The van der Waals surface area contributed by atoms with E-state index in [4.69, 9.17) is 9.72 Å². The molecule has 0 amide bonds. The van der Waals surface area contributed by atoms with Gasteiger partial charge in [-0.1, -0.05) is 41.2 Å². The van der Waals surface area contributed by atoms with E-state index in [-0.39, 0.29) is 5.56 Å². The summed E-state index contributed by atoms with van der Waals surface area (Å²) >= 11 is 1.44. The summed E-state index contributed by atoms with van der Waals surface area (Å²) in [4.78, 5) is 17.6. The Morgan fingerprint density at radius 3 is 2.48 bits per heavy atom. The predicted octanol–water partition coefficient (Wildman–Crippen LogP) is 4.28. The van der Waals surface area contributed by atoms with Crippen LogP contribution in [0.15, 0.2) is 82.7 Å². The van der Waals surface area contributed by atoms with E-state index in [1.807, 2.05) is 67.6 Å². The monoisotopic (exact) mass is 429 g/mol. The first-order chi connectivity index (χ1) is 15.2. The highest BCUT2D eigenvalue weighted by atomic mass is 32.2. The molecule has 0 radical (unpaired) electrons.